The summed E-state index contributed by atoms with van der Waals surface area (Å²) in [5, 5.41) is 3.11. The maximum atomic E-state index is 11.9. The highest BCUT2D eigenvalue weighted by atomic mass is 35.5. The van der Waals surface area contributed by atoms with Gasteiger partial charge in [0, 0.05) is 12.7 Å². The molecule has 0 saturated heterocycles. The van der Waals surface area contributed by atoms with Crippen molar-refractivity contribution in [2.75, 3.05) is 12.3 Å². The van der Waals surface area contributed by atoms with E-state index in [-0.39, 0.29) is 11.7 Å². The number of rotatable bonds is 4. The molecular weight excluding hydrogens is 262 g/mol. The zero-order valence-corrected chi connectivity index (χ0v) is 11.0. The Morgan fingerprint density at radius 2 is 2.05 bits per heavy atom. The third-order valence-electron chi connectivity index (χ3n) is 2.66. The summed E-state index contributed by atoms with van der Waals surface area (Å²) in [5.74, 6) is 0.0349. The van der Waals surface area contributed by atoms with Gasteiger partial charge in [-0.2, -0.15) is 0 Å². The van der Waals surface area contributed by atoms with Crippen LogP contribution < -0.4 is 11.1 Å². The molecule has 1 amide bonds. The number of aromatic nitrogens is 1. The molecule has 3 N–H and O–H groups in total. The number of carbonyl (C=O) groups excluding carboxylic acids is 1. The van der Waals surface area contributed by atoms with Gasteiger partial charge in [0.25, 0.3) is 5.91 Å². The molecule has 0 radical (unpaired) electrons. The van der Waals surface area contributed by atoms with Crippen LogP contribution in [0.5, 0.6) is 0 Å². The molecule has 0 saturated carbocycles. The summed E-state index contributed by atoms with van der Waals surface area (Å²) in [4.78, 5) is 15.7. The Balaban J connectivity index is 1.93. The van der Waals surface area contributed by atoms with Crippen LogP contribution in [0.4, 0.5) is 5.82 Å². The van der Waals surface area contributed by atoms with Crippen LogP contribution in [0.15, 0.2) is 42.6 Å². The topological polar surface area (TPSA) is 68.0 Å². The van der Waals surface area contributed by atoms with E-state index in [0.29, 0.717) is 17.1 Å². The maximum absolute atomic E-state index is 11.9. The van der Waals surface area contributed by atoms with Crippen molar-refractivity contribution in [3.63, 3.8) is 0 Å². The van der Waals surface area contributed by atoms with Gasteiger partial charge in [0.1, 0.15) is 5.82 Å². The number of pyridine rings is 1. The van der Waals surface area contributed by atoms with Gasteiger partial charge in [0.2, 0.25) is 0 Å². The van der Waals surface area contributed by atoms with Crippen molar-refractivity contribution in [2.24, 2.45) is 0 Å². The highest BCUT2D eigenvalue weighted by molar-refractivity contribution is 6.33. The molecule has 0 aliphatic heterocycles. The number of nitrogens with one attached hydrogen (secondary N) is 1. The smallest absolute Gasteiger partial charge is 0.253 e. The van der Waals surface area contributed by atoms with Crippen LogP contribution in [0, 0.1) is 0 Å². The van der Waals surface area contributed by atoms with E-state index in [1.807, 2.05) is 30.3 Å². The van der Waals surface area contributed by atoms with E-state index in [1.165, 1.54) is 17.8 Å². The fourth-order valence-electron chi connectivity index (χ4n) is 1.69. The van der Waals surface area contributed by atoms with Crippen molar-refractivity contribution in [1.29, 1.82) is 0 Å². The van der Waals surface area contributed by atoms with E-state index in [0.717, 1.165) is 6.42 Å². The molecule has 0 aliphatic carbocycles. The van der Waals surface area contributed by atoms with Crippen LogP contribution in [0.25, 0.3) is 0 Å². The summed E-state index contributed by atoms with van der Waals surface area (Å²) in [7, 11) is 0. The molecule has 1 aromatic heterocycles. The number of nitrogens with zero attached hydrogens (tertiary/aromatic N) is 1. The molecule has 1 aromatic carbocycles. The van der Waals surface area contributed by atoms with Gasteiger partial charge >= 0.3 is 0 Å². The summed E-state index contributed by atoms with van der Waals surface area (Å²) in [5.41, 5.74) is 7.05. The molecular formula is C14H14ClN3O. The molecule has 0 aliphatic rings. The summed E-state index contributed by atoms with van der Waals surface area (Å²) in [6, 6.07) is 11.4. The number of nitrogen functional groups attached to an aromatic ring is 1. The van der Waals surface area contributed by atoms with Crippen LogP contribution in [-0.2, 0) is 6.42 Å². The first-order valence-corrected chi connectivity index (χ1v) is 6.28. The second-order valence-electron chi connectivity index (χ2n) is 4.08. The van der Waals surface area contributed by atoms with Gasteiger partial charge in [-0.25, -0.2) is 4.98 Å². The number of halogens is 1. The van der Waals surface area contributed by atoms with Gasteiger partial charge in [-0.3, -0.25) is 4.79 Å². The zero-order chi connectivity index (χ0) is 13.7. The fourth-order valence-corrected chi connectivity index (χ4v) is 1.88. The van der Waals surface area contributed by atoms with Gasteiger partial charge in [0.05, 0.1) is 10.6 Å². The molecule has 2 aromatic rings. The van der Waals surface area contributed by atoms with E-state index >= 15 is 0 Å². The second-order valence-corrected chi connectivity index (χ2v) is 4.49. The maximum Gasteiger partial charge on any atom is 0.253 e. The SMILES string of the molecule is Nc1cc(C(=O)NCCc2ccccc2)c(Cl)cn1. The summed E-state index contributed by atoms with van der Waals surface area (Å²) in [6.45, 7) is 0.543. The van der Waals surface area contributed by atoms with E-state index in [2.05, 4.69) is 10.3 Å². The number of hydrogen-bond acceptors (Lipinski definition) is 3. The van der Waals surface area contributed by atoms with Crippen molar-refractivity contribution < 1.29 is 4.79 Å². The molecule has 0 unspecified atom stereocenters. The molecule has 19 heavy (non-hydrogen) atoms. The summed E-state index contributed by atoms with van der Waals surface area (Å²) < 4.78 is 0. The average molecular weight is 276 g/mol. The predicted octanol–water partition coefficient (Wildman–Crippen LogP) is 2.29. The number of amides is 1. The van der Waals surface area contributed by atoms with E-state index in [4.69, 9.17) is 17.3 Å². The van der Waals surface area contributed by atoms with Crippen molar-refractivity contribution >= 4 is 23.3 Å². The Morgan fingerprint density at radius 3 is 2.79 bits per heavy atom. The van der Waals surface area contributed by atoms with Gasteiger partial charge in [0.15, 0.2) is 0 Å². The van der Waals surface area contributed by atoms with Crippen molar-refractivity contribution in [3.05, 3.63) is 58.7 Å². The van der Waals surface area contributed by atoms with E-state index < -0.39 is 0 Å². The number of anilines is 1. The number of benzene rings is 1. The number of carbonyl (C=O) groups is 1. The largest absolute Gasteiger partial charge is 0.384 e. The van der Waals surface area contributed by atoms with Gasteiger partial charge in [-0.1, -0.05) is 41.9 Å². The fraction of sp³-hybridized carbons (Fsp3) is 0.143. The van der Waals surface area contributed by atoms with Crippen molar-refractivity contribution in [2.45, 2.75) is 6.42 Å². The quantitative estimate of drug-likeness (QED) is 0.900. The Hall–Kier alpha value is -2.07. The third kappa shape index (κ3) is 3.69. The van der Waals surface area contributed by atoms with Crippen LogP contribution in [0.1, 0.15) is 15.9 Å². The van der Waals surface area contributed by atoms with Crippen LogP contribution in [-0.4, -0.2) is 17.4 Å². The Morgan fingerprint density at radius 1 is 1.32 bits per heavy atom. The summed E-state index contributed by atoms with van der Waals surface area (Å²) >= 11 is 5.91. The Bertz CT molecular complexity index is 572. The normalized spacial score (nSPS) is 10.2. The zero-order valence-electron chi connectivity index (χ0n) is 10.3. The lowest BCUT2D eigenvalue weighted by molar-refractivity contribution is 0.0954. The first-order chi connectivity index (χ1) is 9.16. The molecule has 0 atom stereocenters. The highest BCUT2D eigenvalue weighted by Gasteiger charge is 2.10. The van der Waals surface area contributed by atoms with E-state index in [1.54, 1.807) is 0 Å². The highest BCUT2D eigenvalue weighted by Crippen LogP contribution is 2.16. The van der Waals surface area contributed by atoms with Gasteiger partial charge in [-0.05, 0) is 18.1 Å². The Labute approximate surface area is 116 Å². The molecule has 0 spiro atoms. The number of nitrogens with two attached hydrogens (primary N) is 1. The minimum absolute atomic E-state index is 0.241. The third-order valence-corrected chi connectivity index (χ3v) is 2.96. The van der Waals surface area contributed by atoms with Crippen LogP contribution in [0.2, 0.25) is 5.02 Å². The molecule has 1 heterocycles. The standard InChI is InChI=1S/C14H14ClN3O/c15-12-9-18-13(16)8-11(12)14(19)17-7-6-10-4-2-1-3-5-10/h1-5,8-9H,6-7H2,(H2,16,18)(H,17,19). The Kier molecular flexibility index (Phi) is 4.36. The lowest BCUT2D eigenvalue weighted by Crippen LogP contribution is -2.26. The minimum atomic E-state index is -0.241. The predicted molar refractivity (Wildman–Crippen MR) is 76.1 cm³/mol. The molecule has 4 nitrogen and oxygen atoms in total. The average Bonchev–Trinajstić information content (AvgIpc) is 2.42. The number of hydrogen-bond donors (Lipinski definition) is 2. The lowest BCUT2D eigenvalue weighted by atomic mass is 10.1. The van der Waals surface area contributed by atoms with Crippen LogP contribution >= 0.6 is 11.6 Å². The lowest BCUT2D eigenvalue weighted by Gasteiger charge is -2.07. The summed E-state index contributed by atoms with van der Waals surface area (Å²) in [6.07, 6.45) is 2.15. The van der Waals surface area contributed by atoms with Crippen LogP contribution in [0.3, 0.4) is 0 Å². The molecule has 2 rings (SSSR count). The van der Waals surface area contributed by atoms with Gasteiger partial charge in [-0.15, -0.1) is 0 Å². The first-order valence-electron chi connectivity index (χ1n) is 5.90. The molecule has 5 heteroatoms. The van der Waals surface area contributed by atoms with E-state index in [9.17, 15) is 4.79 Å². The molecule has 0 fully saturated rings. The first kappa shape index (κ1) is 13.4. The van der Waals surface area contributed by atoms with Crippen molar-refractivity contribution in [3.8, 4) is 0 Å². The molecule has 98 valence electrons. The van der Waals surface area contributed by atoms with Gasteiger partial charge < -0.3 is 11.1 Å². The minimum Gasteiger partial charge on any atom is -0.384 e. The molecule has 0 bridgehead atoms. The van der Waals surface area contributed by atoms with Crippen molar-refractivity contribution in [1.82, 2.24) is 10.3 Å². The second kappa shape index (κ2) is 6.20. The monoisotopic (exact) mass is 275 g/mol.